The van der Waals surface area contributed by atoms with Crippen molar-refractivity contribution >= 4 is 11.9 Å². The lowest BCUT2D eigenvalue weighted by molar-refractivity contribution is 0.230. The Bertz CT molecular complexity index is 284. The summed E-state index contributed by atoms with van der Waals surface area (Å²) in [6, 6.07) is 0. The highest BCUT2D eigenvalue weighted by molar-refractivity contribution is 8.00. The van der Waals surface area contributed by atoms with Crippen molar-refractivity contribution in [3.05, 3.63) is 23.8 Å². The summed E-state index contributed by atoms with van der Waals surface area (Å²) in [5, 5.41) is 2.20. The minimum atomic E-state index is 0.327. The lowest BCUT2D eigenvalue weighted by Gasteiger charge is -2.40. The molecule has 0 aromatic heterocycles. The molecule has 0 bridgehead atoms. The van der Waals surface area contributed by atoms with Crippen molar-refractivity contribution in [1.29, 1.82) is 0 Å². The summed E-state index contributed by atoms with van der Waals surface area (Å²) in [5.41, 5.74) is 0.327. The molecule has 2 heteroatoms. The van der Waals surface area contributed by atoms with E-state index in [2.05, 4.69) is 48.8 Å². The molecular weight excluding hydrogens is 262 g/mol. The van der Waals surface area contributed by atoms with Crippen molar-refractivity contribution in [2.24, 2.45) is 0 Å². The van der Waals surface area contributed by atoms with Gasteiger partial charge in [-0.2, -0.15) is 0 Å². The Morgan fingerprint density at radius 1 is 0.850 bits per heavy atom. The zero-order chi connectivity index (χ0) is 14.7. The van der Waals surface area contributed by atoms with Gasteiger partial charge >= 0.3 is 0 Å². The molecule has 0 radical (unpaired) electrons. The van der Waals surface area contributed by atoms with Crippen LogP contribution in [0.3, 0.4) is 0 Å². The third kappa shape index (κ3) is 6.39. The van der Waals surface area contributed by atoms with Crippen molar-refractivity contribution in [2.45, 2.75) is 90.5 Å². The van der Waals surface area contributed by atoms with Gasteiger partial charge in [-0.15, -0.1) is 0 Å². The molecule has 0 N–H and O–H groups in total. The molecule has 0 aliphatic carbocycles. The molecule has 0 fully saturated rings. The first-order valence-electron chi connectivity index (χ1n) is 8.52. The summed E-state index contributed by atoms with van der Waals surface area (Å²) in [6.45, 7) is 7.04. The van der Waals surface area contributed by atoms with Crippen LogP contribution < -0.4 is 0 Å². The Morgan fingerprint density at radius 2 is 1.45 bits per heavy atom. The molecule has 0 saturated carbocycles. The summed E-state index contributed by atoms with van der Waals surface area (Å²) in [7, 11) is 0. The standard InChI is InChI=1S/C18H33NS/c1-4-6-8-10-14-18(3,15-11-9-7-5-2)19-16-12-13-17-20-19/h12-13,16-17H,4-11,14-15H2,1-3H3. The molecule has 0 aromatic carbocycles. The summed E-state index contributed by atoms with van der Waals surface area (Å²) >= 11 is 1.86. The fraction of sp³-hybridized carbons (Fsp3) is 0.778. The van der Waals surface area contributed by atoms with Gasteiger partial charge in [-0.05, 0) is 43.2 Å². The van der Waals surface area contributed by atoms with Crippen LogP contribution >= 0.6 is 11.9 Å². The van der Waals surface area contributed by atoms with E-state index in [0.29, 0.717) is 5.54 Å². The maximum Gasteiger partial charge on any atom is 0.0483 e. The first-order valence-corrected chi connectivity index (χ1v) is 9.36. The van der Waals surface area contributed by atoms with E-state index in [4.69, 9.17) is 0 Å². The van der Waals surface area contributed by atoms with Crippen LogP contribution in [0.5, 0.6) is 0 Å². The molecule has 0 spiro atoms. The van der Waals surface area contributed by atoms with E-state index in [-0.39, 0.29) is 0 Å². The third-order valence-corrected chi connectivity index (χ3v) is 5.32. The van der Waals surface area contributed by atoms with E-state index in [0.717, 1.165) is 0 Å². The number of allylic oxidation sites excluding steroid dienone is 2. The van der Waals surface area contributed by atoms with Gasteiger partial charge < -0.3 is 4.31 Å². The molecule has 1 rings (SSSR count). The fourth-order valence-electron chi connectivity index (χ4n) is 2.83. The van der Waals surface area contributed by atoms with Crippen LogP contribution in [0.4, 0.5) is 0 Å². The van der Waals surface area contributed by atoms with Crippen LogP contribution in [-0.2, 0) is 0 Å². The van der Waals surface area contributed by atoms with E-state index in [9.17, 15) is 0 Å². The second kappa shape index (κ2) is 10.4. The van der Waals surface area contributed by atoms with Gasteiger partial charge in [-0.1, -0.05) is 71.3 Å². The molecule has 1 heterocycles. The summed E-state index contributed by atoms with van der Waals surface area (Å²) < 4.78 is 2.49. The molecule has 0 atom stereocenters. The zero-order valence-corrected chi connectivity index (χ0v) is 14.6. The molecule has 0 amide bonds. The van der Waals surface area contributed by atoms with Crippen LogP contribution in [0.1, 0.15) is 85.0 Å². The normalized spacial score (nSPS) is 15.1. The van der Waals surface area contributed by atoms with E-state index >= 15 is 0 Å². The maximum atomic E-state index is 2.49. The average Bonchev–Trinajstić information content (AvgIpc) is 2.49. The number of unbranched alkanes of at least 4 members (excludes halogenated alkanes) is 6. The highest BCUT2D eigenvalue weighted by atomic mass is 32.2. The van der Waals surface area contributed by atoms with Gasteiger partial charge in [-0.3, -0.25) is 0 Å². The van der Waals surface area contributed by atoms with E-state index < -0.39 is 0 Å². The van der Waals surface area contributed by atoms with Crippen LogP contribution in [0.2, 0.25) is 0 Å². The molecule has 1 aliphatic rings. The summed E-state index contributed by atoms with van der Waals surface area (Å²) in [6.07, 6.45) is 20.2. The molecule has 0 aromatic rings. The van der Waals surface area contributed by atoms with Crippen LogP contribution in [0, 0.1) is 0 Å². The lowest BCUT2D eigenvalue weighted by Crippen LogP contribution is -2.39. The predicted molar refractivity (Wildman–Crippen MR) is 93.6 cm³/mol. The van der Waals surface area contributed by atoms with Gasteiger partial charge in [0.15, 0.2) is 0 Å². The van der Waals surface area contributed by atoms with Crippen LogP contribution in [0.25, 0.3) is 0 Å². The average molecular weight is 296 g/mol. The van der Waals surface area contributed by atoms with Crippen LogP contribution in [0.15, 0.2) is 23.8 Å². The Morgan fingerprint density at radius 3 is 1.90 bits per heavy atom. The van der Waals surface area contributed by atoms with E-state index in [1.165, 1.54) is 64.2 Å². The Balaban J connectivity index is 2.47. The maximum absolute atomic E-state index is 2.49. The third-order valence-electron chi connectivity index (χ3n) is 4.26. The van der Waals surface area contributed by atoms with Gasteiger partial charge in [0.05, 0.1) is 0 Å². The Kier molecular flexibility index (Phi) is 9.17. The lowest BCUT2D eigenvalue weighted by atomic mass is 9.88. The predicted octanol–water partition coefficient (Wildman–Crippen LogP) is 6.68. The second-order valence-corrected chi connectivity index (χ2v) is 7.10. The van der Waals surface area contributed by atoms with Gasteiger partial charge in [0.2, 0.25) is 0 Å². The van der Waals surface area contributed by atoms with Crippen molar-refractivity contribution in [2.75, 3.05) is 0 Å². The quantitative estimate of drug-likeness (QED) is 0.309. The van der Waals surface area contributed by atoms with E-state index in [1.807, 2.05) is 11.9 Å². The van der Waals surface area contributed by atoms with Crippen molar-refractivity contribution in [3.63, 3.8) is 0 Å². The van der Waals surface area contributed by atoms with Crippen LogP contribution in [-0.4, -0.2) is 9.84 Å². The van der Waals surface area contributed by atoms with Crippen molar-refractivity contribution in [1.82, 2.24) is 4.31 Å². The highest BCUT2D eigenvalue weighted by Crippen LogP contribution is 2.36. The minimum Gasteiger partial charge on any atom is -0.314 e. The molecule has 0 unspecified atom stereocenters. The number of hydrogen-bond donors (Lipinski definition) is 0. The first-order chi connectivity index (χ1) is 9.73. The minimum absolute atomic E-state index is 0.327. The molecule has 1 aliphatic heterocycles. The highest BCUT2D eigenvalue weighted by Gasteiger charge is 2.29. The van der Waals surface area contributed by atoms with Gasteiger partial charge in [0, 0.05) is 11.7 Å². The zero-order valence-electron chi connectivity index (χ0n) is 13.7. The molecule has 0 saturated heterocycles. The monoisotopic (exact) mass is 295 g/mol. The molecule has 20 heavy (non-hydrogen) atoms. The van der Waals surface area contributed by atoms with Gasteiger partial charge in [0.1, 0.15) is 0 Å². The second-order valence-electron chi connectivity index (χ2n) is 6.22. The number of nitrogens with zero attached hydrogens (tertiary/aromatic N) is 1. The fourth-order valence-corrected chi connectivity index (χ4v) is 3.70. The first kappa shape index (κ1) is 17.7. The number of hydrogen-bond acceptors (Lipinski definition) is 2. The topological polar surface area (TPSA) is 3.24 Å². The Labute approximate surface area is 131 Å². The van der Waals surface area contributed by atoms with Gasteiger partial charge in [0.25, 0.3) is 0 Å². The Hall–Kier alpha value is -0.370. The van der Waals surface area contributed by atoms with E-state index in [1.54, 1.807) is 0 Å². The van der Waals surface area contributed by atoms with Crippen molar-refractivity contribution < 1.29 is 0 Å². The summed E-state index contributed by atoms with van der Waals surface area (Å²) in [4.78, 5) is 0. The molecular formula is C18H33NS. The summed E-state index contributed by atoms with van der Waals surface area (Å²) in [5.74, 6) is 0. The smallest absolute Gasteiger partial charge is 0.0483 e. The molecule has 1 nitrogen and oxygen atoms in total. The van der Waals surface area contributed by atoms with Crippen molar-refractivity contribution in [3.8, 4) is 0 Å². The van der Waals surface area contributed by atoms with Gasteiger partial charge in [-0.25, -0.2) is 0 Å². The molecule has 116 valence electrons. The SMILES string of the molecule is CCCCCCC(C)(CCCCCC)N1C=CC=CS1. The number of rotatable bonds is 11. The largest absolute Gasteiger partial charge is 0.314 e.